The third-order valence-electron chi connectivity index (χ3n) is 7.18. The maximum Gasteiger partial charge on any atom is 0.312 e. The molecule has 0 unspecified atom stereocenters. The fourth-order valence-corrected chi connectivity index (χ4v) is 4.71. The Bertz CT molecular complexity index is 709. The number of carboxylic acids is 1. The highest BCUT2D eigenvalue weighted by molar-refractivity contribution is 5.76. The van der Waals surface area contributed by atoms with Crippen molar-refractivity contribution in [3.8, 4) is 0 Å². The molecule has 0 spiro atoms. The molecule has 0 bridgehead atoms. The van der Waals surface area contributed by atoms with Gasteiger partial charge in [-0.2, -0.15) is 0 Å². The molecular formula is C25H40O6. The molecule has 0 amide bonds. The van der Waals surface area contributed by atoms with Crippen molar-refractivity contribution in [3.63, 3.8) is 0 Å². The monoisotopic (exact) mass is 436 g/mol. The van der Waals surface area contributed by atoms with Crippen LogP contribution in [0.1, 0.15) is 79.6 Å². The van der Waals surface area contributed by atoms with Gasteiger partial charge in [0, 0.05) is 5.92 Å². The highest BCUT2D eigenvalue weighted by Gasteiger charge is 2.46. The Morgan fingerprint density at radius 3 is 2.55 bits per heavy atom. The van der Waals surface area contributed by atoms with E-state index in [1.165, 1.54) is 5.57 Å². The average Bonchev–Trinajstić information content (AvgIpc) is 2.66. The maximum absolute atomic E-state index is 12.9. The third kappa shape index (κ3) is 6.66. The number of rotatable bonds is 10. The number of carbonyl (C=O) groups excluding carboxylic acids is 1. The van der Waals surface area contributed by atoms with Gasteiger partial charge in [0.2, 0.25) is 0 Å². The third-order valence-corrected chi connectivity index (χ3v) is 7.18. The van der Waals surface area contributed by atoms with E-state index in [0.717, 1.165) is 12.8 Å². The van der Waals surface area contributed by atoms with Gasteiger partial charge in [-0.15, -0.1) is 0 Å². The molecule has 31 heavy (non-hydrogen) atoms. The molecule has 0 aliphatic heterocycles. The Hall–Kier alpha value is -1.66. The fraction of sp³-hybridized carbons (Fsp3) is 0.760. The zero-order valence-corrected chi connectivity index (χ0v) is 19.6. The summed E-state index contributed by atoms with van der Waals surface area (Å²) in [6.07, 6.45) is 7.95. The molecule has 2 aliphatic carbocycles. The van der Waals surface area contributed by atoms with Crippen LogP contribution in [-0.4, -0.2) is 45.1 Å². The fourth-order valence-electron chi connectivity index (χ4n) is 4.71. The summed E-state index contributed by atoms with van der Waals surface area (Å²) in [4.78, 5) is 23.7. The summed E-state index contributed by atoms with van der Waals surface area (Å²) < 4.78 is 6.13. The average molecular weight is 437 g/mol. The zero-order chi connectivity index (χ0) is 23.4. The molecule has 2 rings (SSSR count). The Balaban J connectivity index is 2.19. The summed E-state index contributed by atoms with van der Waals surface area (Å²) in [6, 6.07) is 0. The van der Waals surface area contributed by atoms with Crippen LogP contribution in [-0.2, 0) is 14.3 Å². The summed E-state index contributed by atoms with van der Waals surface area (Å²) in [5.74, 6) is -0.527. The molecule has 0 fully saturated rings. The van der Waals surface area contributed by atoms with Crippen molar-refractivity contribution in [1.82, 2.24) is 0 Å². The lowest BCUT2D eigenvalue weighted by molar-refractivity contribution is -0.171. The summed E-state index contributed by atoms with van der Waals surface area (Å²) in [5, 5.41) is 29.1. The Morgan fingerprint density at radius 2 is 1.94 bits per heavy atom. The standard InChI is InChI=1S/C25H40O6/c1-6-24(3,4)23(30)31-25(5)12-11-17-13-16(2)7-9-20(17)21(25)10-8-18(26)14-19(27)15-22(28)29/h11-13,16,18-21,26-27H,6-10,14-15H2,1-5H3,(H,28,29)/t16-,18-,19-,20+,21+,25+/m1/s1. The summed E-state index contributed by atoms with van der Waals surface area (Å²) in [6.45, 7) is 9.92. The lowest BCUT2D eigenvalue weighted by Gasteiger charge is -2.46. The highest BCUT2D eigenvalue weighted by atomic mass is 16.6. The first-order valence-electron chi connectivity index (χ1n) is 11.6. The molecule has 2 aliphatic rings. The molecule has 3 N–H and O–H groups in total. The number of aliphatic hydroxyl groups excluding tert-OH is 2. The van der Waals surface area contributed by atoms with Crippen LogP contribution in [0, 0.1) is 23.2 Å². The molecule has 0 heterocycles. The molecule has 6 nitrogen and oxygen atoms in total. The number of fused-ring (bicyclic) bond motifs is 1. The Labute approximate surface area is 186 Å². The number of hydrogen-bond donors (Lipinski definition) is 3. The normalized spacial score (nSPS) is 30.2. The van der Waals surface area contributed by atoms with Crippen LogP contribution in [0.3, 0.4) is 0 Å². The molecule has 0 aromatic rings. The summed E-state index contributed by atoms with van der Waals surface area (Å²) in [7, 11) is 0. The number of esters is 1. The molecular weight excluding hydrogens is 396 g/mol. The largest absolute Gasteiger partial charge is 0.481 e. The van der Waals surface area contributed by atoms with Gasteiger partial charge < -0.3 is 20.1 Å². The van der Waals surface area contributed by atoms with Gasteiger partial charge in [-0.05, 0) is 82.8 Å². The first-order valence-corrected chi connectivity index (χ1v) is 11.6. The van der Waals surface area contributed by atoms with Crippen LogP contribution >= 0.6 is 0 Å². The minimum atomic E-state index is -1.08. The first-order chi connectivity index (χ1) is 14.4. The van der Waals surface area contributed by atoms with Crippen molar-refractivity contribution in [3.05, 3.63) is 23.8 Å². The number of aliphatic carboxylic acids is 1. The van der Waals surface area contributed by atoms with E-state index < -0.39 is 29.2 Å². The van der Waals surface area contributed by atoms with Crippen LogP contribution in [0.15, 0.2) is 23.8 Å². The summed E-state index contributed by atoms with van der Waals surface area (Å²) in [5.41, 5.74) is -0.0719. The zero-order valence-electron chi connectivity index (χ0n) is 19.6. The highest BCUT2D eigenvalue weighted by Crippen LogP contribution is 2.47. The second-order valence-corrected chi connectivity index (χ2v) is 10.3. The number of allylic oxidation sites excluding steroid dienone is 3. The molecule has 0 radical (unpaired) electrons. The lowest BCUT2D eigenvalue weighted by atomic mass is 9.64. The quantitative estimate of drug-likeness (QED) is 0.442. The van der Waals surface area contributed by atoms with Crippen molar-refractivity contribution >= 4 is 11.9 Å². The number of carboxylic acid groups (broad SMARTS) is 1. The SMILES string of the molecule is CCC(C)(C)C(=O)O[C@@]1(C)C=CC2=C[C@H](C)CC[C@@H]2[C@@H]1CC[C@@H](O)C[C@@H](O)CC(=O)O. The van der Waals surface area contributed by atoms with Gasteiger partial charge in [-0.3, -0.25) is 9.59 Å². The van der Waals surface area contributed by atoms with E-state index in [-0.39, 0.29) is 30.6 Å². The van der Waals surface area contributed by atoms with E-state index in [9.17, 15) is 19.8 Å². The lowest BCUT2D eigenvalue weighted by Crippen LogP contribution is -2.47. The smallest absolute Gasteiger partial charge is 0.312 e. The van der Waals surface area contributed by atoms with Gasteiger partial charge >= 0.3 is 11.9 Å². The molecule has 176 valence electrons. The van der Waals surface area contributed by atoms with E-state index in [1.54, 1.807) is 0 Å². The molecule has 0 saturated carbocycles. The van der Waals surface area contributed by atoms with E-state index in [4.69, 9.17) is 9.84 Å². The number of hydrogen-bond acceptors (Lipinski definition) is 5. The first kappa shape index (κ1) is 25.6. The predicted molar refractivity (Wildman–Crippen MR) is 119 cm³/mol. The van der Waals surface area contributed by atoms with Crippen molar-refractivity contribution in [2.75, 3.05) is 0 Å². The van der Waals surface area contributed by atoms with E-state index >= 15 is 0 Å². The number of aliphatic hydroxyl groups is 2. The van der Waals surface area contributed by atoms with Gasteiger partial charge in [0.05, 0.1) is 24.0 Å². The topological polar surface area (TPSA) is 104 Å². The molecule has 0 aromatic heterocycles. The minimum absolute atomic E-state index is 0.0131. The second-order valence-electron chi connectivity index (χ2n) is 10.3. The van der Waals surface area contributed by atoms with Crippen molar-refractivity contribution < 1.29 is 29.6 Å². The second kappa shape index (κ2) is 10.3. The minimum Gasteiger partial charge on any atom is -0.481 e. The van der Waals surface area contributed by atoms with Crippen LogP contribution < -0.4 is 0 Å². The number of carbonyl (C=O) groups is 2. The van der Waals surface area contributed by atoms with Crippen LogP contribution in [0.5, 0.6) is 0 Å². The van der Waals surface area contributed by atoms with Crippen molar-refractivity contribution in [2.24, 2.45) is 23.2 Å². The molecule has 0 saturated heterocycles. The Morgan fingerprint density at radius 1 is 1.26 bits per heavy atom. The molecule has 0 aromatic carbocycles. The maximum atomic E-state index is 12.9. The number of ether oxygens (including phenoxy) is 1. The molecule has 6 heteroatoms. The van der Waals surface area contributed by atoms with Crippen LogP contribution in [0.4, 0.5) is 0 Å². The van der Waals surface area contributed by atoms with Crippen LogP contribution in [0.25, 0.3) is 0 Å². The van der Waals surface area contributed by atoms with Gasteiger partial charge in [-0.1, -0.05) is 26.0 Å². The Kier molecular flexibility index (Phi) is 8.51. The van der Waals surface area contributed by atoms with Gasteiger partial charge in [-0.25, -0.2) is 0 Å². The molecule has 6 atom stereocenters. The van der Waals surface area contributed by atoms with Crippen molar-refractivity contribution in [1.29, 1.82) is 0 Å². The van der Waals surface area contributed by atoms with E-state index in [0.29, 0.717) is 25.2 Å². The van der Waals surface area contributed by atoms with Gasteiger partial charge in [0.25, 0.3) is 0 Å². The summed E-state index contributed by atoms with van der Waals surface area (Å²) >= 11 is 0. The van der Waals surface area contributed by atoms with E-state index in [2.05, 4.69) is 19.1 Å². The van der Waals surface area contributed by atoms with Crippen LogP contribution in [0.2, 0.25) is 0 Å². The predicted octanol–water partition coefficient (Wildman–Crippen LogP) is 4.25. The van der Waals surface area contributed by atoms with Gasteiger partial charge in [0.15, 0.2) is 0 Å². The van der Waals surface area contributed by atoms with Crippen molar-refractivity contribution in [2.45, 2.75) is 97.4 Å². The van der Waals surface area contributed by atoms with Gasteiger partial charge in [0.1, 0.15) is 5.60 Å². The van der Waals surface area contributed by atoms with E-state index in [1.807, 2.05) is 33.8 Å².